The Hall–Kier alpha value is -1.30. The number of hydrogen-bond donors (Lipinski definition) is 2. The second kappa shape index (κ2) is 5.86. The summed E-state index contributed by atoms with van der Waals surface area (Å²) in [5.41, 5.74) is 0. The molecule has 1 aliphatic carbocycles. The number of nitrogens with zero attached hydrogens (tertiary/aromatic N) is 1. The van der Waals surface area contributed by atoms with Gasteiger partial charge in [-0.1, -0.05) is 6.92 Å². The smallest absolute Gasteiger partial charge is 0.326 e. The van der Waals surface area contributed by atoms with Crippen LogP contribution in [0.25, 0.3) is 0 Å². The van der Waals surface area contributed by atoms with Crippen molar-refractivity contribution in [1.82, 2.24) is 10.2 Å². The van der Waals surface area contributed by atoms with Gasteiger partial charge in [0.1, 0.15) is 6.04 Å². The Kier molecular flexibility index (Phi) is 4.74. The second-order valence-electron chi connectivity index (χ2n) is 4.35. The normalized spacial score (nSPS) is 24.6. The molecule has 0 aromatic heterocycles. The summed E-state index contributed by atoms with van der Waals surface area (Å²) in [5.74, 6) is -0.978. The molecule has 17 heavy (non-hydrogen) atoms. The zero-order valence-electron chi connectivity index (χ0n) is 10.5. The van der Waals surface area contributed by atoms with Gasteiger partial charge in [0.2, 0.25) is 0 Å². The van der Waals surface area contributed by atoms with Gasteiger partial charge in [-0.05, 0) is 19.3 Å². The molecule has 2 amide bonds. The van der Waals surface area contributed by atoms with Crippen LogP contribution in [0.2, 0.25) is 0 Å². The van der Waals surface area contributed by atoms with Crippen LogP contribution in [0.4, 0.5) is 4.79 Å². The minimum Gasteiger partial charge on any atom is -0.480 e. The Labute approximate surface area is 101 Å². The van der Waals surface area contributed by atoms with Crippen LogP contribution in [0.1, 0.15) is 26.2 Å². The molecule has 6 heteroatoms. The Balaban J connectivity index is 2.39. The Morgan fingerprint density at radius 2 is 2.12 bits per heavy atom. The molecule has 0 radical (unpaired) electrons. The van der Waals surface area contributed by atoms with E-state index < -0.39 is 12.0 Å². The van der Waals surface area contributed by atoms with Crippen LogP contribution in [0.5, 0.6) is 0 Å². The number of rotatable bonds is 5. The fraction of sp³-hybridized carbons (Fsp3) is 0.818. The number of urea groups is 1. The number of nitrogens with one attached hydrogen (secondary N) is 1. The number of carboxylic acid groups (broad SMARTS) is 1. The summed E-state index contributed by atoms with van der Waals surface area (Å²) in [5, 5.41) is 11.7. The summed E-state index contributed by atoms with van der Waals surface area (Å²) < 4.78 is 5.11. The van der Waals surface area contributed by atoms with Crippen LogP contribution in [-0.2, 0) is 9.53 Å². The van der Waals surface area contributed by atoms with Crippen LogP contribution >= 0.6 is 0 Å². The van der Waals surface area contributed by atoms with Gasteiger partial charge in [0.25, 0.3) is 0 Å². The first-order chi connectivity index (χ1) is 7.99. The van der Waals surface area contributed by atoms with Crippen molar-refractivity contribution in [2.75, 3.05) is 14.2 Å². The topological polar surface area (TPSA) is 78.9 Å². The molecule has 0 aliphatic heterocycles. The highest BCUT2D eigenvalue weighted by Crippen LogP contribution is 2.22. The summed E-state index contributed by atoms with van der Waals surface area (Å²) in [6, 6.07) is -1.01. The molecule has 1 unspecified atom stereocenters. The predicted octanol–water partition coefficient (Wildman–Crippen LogP) is 0.668. The van der Waals surface area contributed by atoms with Crippen LogP contribution in [0, 0.1) is 0 Å². The molecule has 0 aromatic rings. The molecular formula is C11H20N2O4. The Morgan fingerprint density at radius 3 is 2.53 bits per heavy atom. The highest BCUT2D eigenvalue weighted by molar-refractivity contribution is 5.82. The maximum atomic E-state index is 11.8. The zero-order chi connectivity index (χ0) is 13.0. The molecule has 1 saturated carbocycles. The third kappa shape index (κ3) is 3.33. The van der Waals surface area contributed by atoms with Gasteiger partial charge >= 0.3 is 12.0 Å². The molecule has 0 aromatic carbocycles. The lowest BCUT2D eigenvalue weighted by molar-refractivity contribution is -0.141. The number of likely N-dealkylation sites (N-methyl/N-ethyl adjacent to an activating group) is 1. The van der Waals surface area contributed by atoms with Crippen LogP contribution in [-0.4, -0.2) is 54.4 Å². The number of ether oxygens (including phenoxy) is 1. The molecule has 0 heterocycles. The van der Waals surface area contributed by atoms with Crippen LogP contribution < -0.4 is 5.32 Å². The average molecular weight is 244 g/mol. The fourth-order valence-electron chi connectivity index (χ4n) is 1.91. The Bertz CT molecular complexity index is 289. The molecule has 0 saturated heterocycles. The van der Waals surface area contributed by atoms with Crippen molar-refractivity contribution in [3.05, 3.63) is 0 Å². The van der Waals surface area contributed by atoms with Gasteiger partial charge in [-0.2, -0.15) is 0 Å². The van der Waals surface area contributed by atoms with E-state index in [2.05, 4.69) is 5.32 Å². The van der Waals surface area contributed by atoms with Gasteiger partial charge < -0.3 is 20.1 Å². The third-order valence-corrected chi connectivity index (χ3v) is 3.22. The summed E-state index contributed by atoms with van der Waals surface area (Å²) in [6.45, 7) is 1.74. The van der Waals surface area contributed by atoms with Crippen LogP contribution in [0.15, 0.2) is 0 Å². The van der Waals surface area contributed by atoms with Crippen molar-refractivity contribution in [2.24, 2.45) is 0 Å². The molecule has 0 bridgehead atoms. The van der Waals surface area contributed by atoms with Gasteiger partial charge in [0.15, 0.2) is 0 Å². The largest absolute Gasteiger partial charge is 0.480 e. The second-order valence-corrected chi connectivity index (χ2v) is 4.35. The molecule has 0 spiro atoms. The lowest BCUT2D eigenvalue weighted by Gasteiger charge is -2.36. The minimum absolute atomic E-state index is 0.0983. The number of carbonyl (C=O) groups excluding carboxylic acids is 1. The molecule has 6 nitrogen and oxygen atoms in total. The van der Waals surface area contributed by atoms with E-state index in [1.165, 1.54) is 11.9 Å². The van der Waals surface area contributed by atoms with Crippen molar-refractivity contribution >= 4 is 12.0 Å². The SMILES string of the molecule is CCC(C(=O)O)N(C)C(=O)NC1CC(OC)C1. The average Bonchev–Trinajstić information content (AvgIpc) is 2.22. The summed E-state index contributed by atoms with van der Waals surface area (Å²) in [6.07, 6.45) is 2.19. The van der Waals surface area contributed by atoms with Crippen molar-refractivity contribution < 1.29 is 19.4 Å². The molecule has 1 fully saturated rings. The van der Waals surface area contributed by atoms with E-state index in [4.69, 9.17) is 9.84 Å². The molecule has 1 aliphatic rings. The molecule has 1 atom stereocenters. The summed E-state index contributed by atoms with van der Waals surface area (Å²) in [4.78, 5) is 23.9. The van der Waals surface area contributed by atoms with Crippen molar-refractivity contribution in [2.45, 2.75) is 44.4 Å². The number of methoxy groups -OCH3 is 1. The summed E-state index contributed by atoms with van der Waals surface area (Å²) >= 11 is 0. The number of aliphatic carboxylic acids is 1. The minimum atomic E-state index is -0.978. The highest BCUT2D eigenvalue weighted by Gasteiger charge is 2.32. The molecular weight excluding hydrogens is 224 g/mol. The van der Waals surface area contributed by atoms with E-state index in [1.54, 1.807) is 14.0 Å². The number of amides is 2. The summed E-state index contributed by atoms with van der Waals surface area (Å²) in [7, 11) is 3.15. The van der Waals surface area contributed by atoms with E-state index in [0.717, 1.165) is 12.8 Å². The quantitative estimate of drug-likeness (QED) is 0.745. The monoisotopic (exact) mass is 244 g/mol. The van der Waals surface area contributed by atoms with Gasteiger partial charge in [0.05, 0.1) is 6.10 Å². The Morgan fingerprint density at radius 1 is 1.53 bits per heavy atom. The zero-order valence-corrected chi connectivity index (χ0v) is 10.5. The lowest BCUT2D eigenvalue weighted by atomic mass is 9.89. The van der Waals surface area contributed by atoms with Gasteiger partial charge in [-0.3, -0.25) is 0 Å². The van der Waals surface area contributed by atoms with Crippen LogP contribution in [0.3, 0.4) is 0 Å². The predicted molar refractivity (Wildman–Crippen MR) is 61.8 cm³/mol. The lowest BCUT2D eigenvalue weighted by Crippen LogP contribution is -2.54. The van der Waals surface area contributed by atoms with E-state index in [1.807, 2.05) is 0 Å². The van der Waals surface area contributed by atoms with E-state index in [9.17, 15) is 9.59 Å². The van der Waals surface area contributed by atoms with Gasteiger partial charge in [-0.15, -0.1) is 0 Å². The number of carboxylic acids is 1. The van der Waals surface area contributed by atoms with E-state index in [-0.39, 0.29) is 18.2 Å². The fourth-order valence-corrected chi connectivity index (χ4v) is 1.91. The molecule has 2 N–H and O–H groups in total. The molecule has 1 rings (SSSR count). The van der Waals surface area contributed by atoms with Crippen molar-refractivity contribution in [1.29, 1.82) is 0 Å². The maximum absolute atomic E-state index is 11.8. The number of hydrogen-bond acceptors (Lipinski definition) is 3. The first kappa shape index (κ1) is 13.8. The van der Waals surface area contributed by atoms with Gasteiger partial charge in [0, 0.05) is 20.2 Å². The molecule has 98 valence electrons. The number of carbonyl (C=O) groups is 2. The third-order valence-electron chi connectivity index (χ3n) is 3.22. The standard InChI is InChI=1S/C11H20N2O4/c1-4-9(10(14)15)13(2)11(16)12-7-5-8(6-7)17-3/h7-9H,4-6H2,1-3H3,(H,12,16)(H,14,15). The van der Waals surface area contributed by atoms with Crippen molar-refractivity contribution in [3.8, 4) is 0 Å². The van der Waals surface area contributed by atoms with E-state index in [0.29, 0.717) is 6.42 Å². The maximum Gasteiger partial charge on any atom is 0.326 e. The highest BCUT2D eigenvalue weighted by atomic mass is 16.5. The van der Waals surface area contributed by atoms with E-state index >= 15 is 0 Å². The van der Waals surface area contributed by atoms with Crippen molar-refractivity contribution in [3.63, 3.8) is 0 Å². The first-order valence-electron chi connectivity index (χ1n) is 5.78. The first-order valence-corrected chi connectivity index (χ1v) is 5.78. The van der Waals surface area contributed by atoms with Gasteiger partial charge in [-0.25, -0.2) is 9.59 Å².